The molecule has 0 aliphatic heterocycles. The second-order valence-electron chi connectivity index (χ2n) is 5.79. The van der Waals surface area contributed by atoms with Gasteiger partial charge >= 0.3 is 0 Å². The number of nitrogens with one attached hydrogen (secondary N) is 1. The molecule has 0 saturated carbocycles. The van der Waals surface area contributed by atoms with Gasteiger partial charge in [0.25, 0.3) is 11.8 Å². The molecule has 4 nitrogen and oxygen atoms in total. The number of amides is 1. The molecule has 2 aromatic heterocycles. The summed E-state index contributed by atoms with van der Waals surface area (Å²) in [6, 6.07) is 15.7. The van der Waals surface area contributed by atoms with E-state index in [0.29, 0.717) is 26.1 Å². The molecule has 0 spiro atoms. The number of nitrogens with zero attached hydrogens (tertiary/aromatic N) is 1. The zero-order chi connectivity index (χ0) is 19.0. The summed E-state index contributed by atoms with van der Waals surface area (Å²) in [6.45, 7) is 0. The van der Waals surface area contributed by atoms with Crippen molar-refractivity contribution in [3.05, 3.63) is 86.7 Å². The molecule has 0 bridgehead atoms. The molecule has 0 unspecified atom stereocenters. The maximum Gasteiger partial charge on any atom is 0.265 e. The first-order valence-corrected chi connectivity index (χ1v) is 9.63. The van der Waals surface area contributed by atoms with Crippen LogP contribution in [0.4, 0.5) is 5.69 Å². The highest BCUT2D eigenvalue weighted by Crippen LogP contribution is 2.28. The molecule has 0 aliphatic rings. The number of carbonyl (C=O) groups excluding carboxylic acids is 2. The van der Waals surface area contributed by atoms with Gasteiger partial charge in [-0.15, -0.1) is 11.3 Å². The number of carbonyl (C=O) groups is 2. The quantitative estimate of drug-likeness (QED) is 0.450. The van der Waals surface area contributed by atoms with E-state index >= 15 is 0 Å². The zero-order valence-corrected chi connectivity index (χ0v) is 16.1. The number of anilines is 1. The van der Waals surface area contributed by atoms with Gasteiger partial charge in [-0.2, -0.15) is 0 Å². The summed E-state index contributed by atoms with van der Waals surface area (Å²) < 4.78 is 1.49. The first-order valence-electron chi connectivity index (χ1n) is 7.99. The Bertz CT molecular complexity index is 1150. The van der Waals surface area contributed by atoms with Crippen LogP contribution in [-0.4, -0.2) is 16.4 Å². The van der Waals surface area contributed by atoms with Crippen molar-refractivity contribution < 1.29 is 9.59 Å². The molecule has 134 valence electrons. The second kappa shape index (κ2) is 7.19. The first kappa shape index (κ1) is 17.8. The minimum atomic E-state index is -0.309. The maximum atomic E-state index is 12.9. The molecule has 2 heterocycles. The predicted octanol–water partition coefficient (Wildman–Crippen LogP) is 5.95. The van der Waals surface area contributed by atoms with Gasteiger partial charge in [0.2, 0.25) is 0 Å². The summed E-state index contributed by atoms with van der Waals surface area (Å²) in [5, 5.41) is 6.13. The topological polar surface area (TPSA) is 51.1 Å². The third-order valence-electron chi connectivity index (χ3n) is 4.09. The van der Waals surface area contributed by atoms with Crippen molar-refractivity contribution in [3.8, 4) is 0 Å². The van der Waals surface area contributed by atoms with Gasteiger partial charge in [0.15, 0.2) is 0 Å². The lowest BCUT2D eigenvalue weighted by atomic mass is 10.2. The van der Waals surface area contributed by atoms with Crippen molar-refractivity contribution in [1.29, 1.82) is 0 Å². The Morgan fingerprint density at radius 2 is 1.74 bits per heavy atom. The Labute approximate surface area is 168 Å². The molecule has 4 aromatic rings. The summed E-state index contributed by atoms with van der Waals surface area (Å²) in [7, 11) is 0. The van der Waals surface area contributed by atoms with Gasteiger partial charge in [0.1, 0.15) is 0 Å². The Morgan fingerprint density at radius 3 is 2.44 bits per heavy atom. The monoisotopic (exact) mass is 414 g/mol. The second-order valence-corrected chi connectivity index (χ2v) is 7.55. The number of benzene rings is 2. The summed E-state index contributed by atoms with van der Waals surface area (Å²) in [5.74, 6) is -0.473. The number of hydrogen-bond acceptors (Lipinski definition) is 3. The van der Waals surface area contributed by atoms with E-state index in [-0.39, 0.29) is 17.4 Å². The molecule has 7 heteroatoms. The van der Waals surface area contributed by atoms with E-state index in [1.807, 2.05) is 17.5 Å². The highest BCUT2D eigenvalue weighted by atomic mass is 35.5. The fourth-order valence-corrected chi connectivity index (χ4v) is 4.00. The molecule has 1 N–H and O–H groups in total. The van der Waals surface area contributed by atoms with Crippen LogP contribution in [0.1, 0.15) is 20.0 Å². The lowest BCUT2D eigenvalue weighted by molar-refractivity contribution is 0.0964. The predicted molar refractivity (Wildman–Crippen MR) is 110 cm³/mol. The third kappa shape index (κ3) is 3.37. The van der Waals surface area contributed by atoms with Crippen molar-refractivity contribution in [2.24, 2.45) is 0 Å². The molecular formula is C20H12Cl2N2O2S. The average molecular weight is 415 g/mol. The molecule has 0 saturated heterocycles. The third-order valence-corrected chi connectivity index (χ3v) is 5.59. The highest BCUT2D eigenvalue weighted by molar-refractivity contribution is 7.12. The summed E-state index contributed by atoms with van der Waals surface area (Å²) in [4.78, 5) is 25.7. The average Bonchev–Trinajstić information content (AvgIpc) is 3.31. The van der Waals surface area contributed by atoms with E-state index in [0.717, 1.165) is 5.39 Å². The van der Waals surface area contributed by atoms with Crippen molar-refractivity contribution in [2.75, 3.05) is 5.32 Å². The Kier molecular flexibility index (Phi) is 4.74. The molecule has 1 amide bonds. The Morgan fingerprint density at radius 1 is 0.963 bits per heavy atom. The molecular weight excluding hydrogens is 403 g/mol. The lowest BCUT2D eigenvalue weighted by Crippen LogP contribution is -2.12. The summed E-state index contributed by atoms with van der Waals surface area (Å²) in [6.07, 6.45) is 1.66. The summed E-state index contributed by atoms with van der Waals surface area (Å²) in [5.41, 5.74) is 1.61. The van der Waals surface area contributed by atoms with E-state index in [2.05, 4.69) is 5.32 Å². The number of thiophene rings is 1. The van der Waals surface area contributed by atoms with E-state index in [4.69, 9.17) is 23.2 Å². The molecule has 4 rings (SSSR count). The Balaban J connectivity index is 1.67. The van der Waals surface area contributed by atoms with Gasteiger partial charge in [-0.1, -0.05) is 35.3 Å². The first-order chi connectivity index (χ1) is 13.0. The van der Waals surface area contributed by atoms with Crippen molar-refractivity contribution in [3.63, 3.8) is 0 Å². The summed E-state index contributed by atoms with van der Waals surface area (Å²) >= 11 is 13.7. The molecule has 27 heavy (non-hydrogen) atoms. The van der Waals surface area contributed by atoms with E-state index in [1.165, 1.54) is 15.9 Å². The van der Waals surface area contributed by atoms with Crippen LogP contribution in [0.25, 0.3) is 10.9 Å². The smallest absolute Gasteiger partial charge is 0.265 e. The van der Waals surface area contributed by atoms with Gasteiger partial charge in [0, 0.05) is 17.3 Å². The van der Waals surface area contributed by atoms with Crippen LogP contribution in [0.5, 0.6) is 0 Å². The van der Waals surface area contributed by atoms with Gasteiger partial charge in [0.05, 0.1) is 26.0 Å². The fourth-order valence-electron chi connectivity index (χ4n) is 2.82. The van der Waals surface area contributed by atoms with E-state index < -0.39 is 0 Å². The lowest BCUT2D eigenvalue weighted by Gasteiger charge is -2.09. The molecule has 0 fully saturated rings. The van der Waals surface area contributed by atoms with E-state index in [1.54, 1.807) is 48.7 Å². The normalized spacial score (nSPS) is 10.9. The van der Waals surface area contributed by atoms with Gasteiger partial charge < -0.3 is 5.32 Å². The number of hydrogen-bond donors (Lipinski definition) is 1. The minimum Gasteiger partial charge on any atom is -0.321 e. The Hall–Kier alpha value is -2.60. The number of halogens is 2. The van der Waals surface area contributed by atoms with E-state index in [9.17, 15) is 9.59 Å². The maximum absolute atomic E-state index is 12.9. The van der Waals surface area contributed by atoms with Crippen molar-refractivity contribution >= 4 is 62.9 Å². The number of aromatic nitrogens is 1. The van der Waals surface area contributed by atoms with Gasteiger partial charge in [-0.05, 0) is 47.8 Å². The minimum absolute atomic E-state index is 0.164. The number of rotatable bonds is 3. The van der Waals surface area contributed by atoms with Crippen molar-refractivity contribution in [2.45, 2.75) is 0 Å². The zero-order valence-electron chi connectivity index (χ0n) is 13.8. The largest absolute Gasteiger partial charge is 0.321 e. The molecule has 0 radical (unpaired) electrons. The van der Waals surface area contributed by atoms with Crippen LogP contribution in [-0.2, 0) is 0 Å². The standard InChI is InChI=1S/C20H12Cl2N2O2S/c21-14-3-1-4-15(22)18(14)20(26)24-9-8-12-11-13(6-7-16(12)24)23-19(25)17-5-2-10-27-17/h1-11H,(H,23,25). The van der Waals surface area contributed by atoms with Crippen LogP contribution in [0.2, 0.25) is 10.0 Å². The molecule has 2 aromatic carbocycles. The number of fused-ring (bicyclic) bond motifs is 1. The van der Waals surface area contributed by atoms with Crippen LogP contribution >= 0.6 is 34.5 Å². The van der Waals surface area contributed by atoms with Crippen LogP contribution in [0, 0.1) is 0 Å². The van der Waals surface area contributed by atoms with Gasteiger partial charge in [-0.3, -0.25) is 14.2 Å². The SMILES string of the molecule is O=C(Nc1ccc2c(ccn2C(=O)c2c(Cl)cccc2Cl)c1)c1cccs1. The highest BCUT2D eigenvalue weighted by Gasteiger charge is 2.18. The molecule has 0 aliphatic carbocycles. The van der Waals surface area contributed by atoms with Crippen LogP contribution < -0.4 is 5.32 Å². The van der Waals surface area contributed by atoms with Crippen LogP contribution in [0.15, 0.2) is 66.2 Å². The van der Waals surface area contributed by atoms with Crippen molar-refractivity contribution in [1.82, 2.24) is 4.57 Å². The fraction of sp³-hybridized carbons (Fsp3) is 0. The molecule has 0 atom stereocenters. The van der Waals surface area contributed by atoms with Gasteiger partial charge in [-0.25, -0.2) is 0 Å². The van der Waals surface area contributed by atoms with Crippen LogP contribution in [0.3, 0.4) is 0 Å².